The molecular weight excluding hydrogens is 400 g/mol. The summed E-state index contributed by atoms with van der Waals surface area (Å²) in [5, 5.41) is 2.53. The van der Waals surface area contributed by atoms with E-state index in [-0.39, 0.29) is 18.2 Å². The van der Waals surface area contributed by atoms with Crippen molar-refractivity contribution in [2.45, 2.75) is 6.42 Å². The van der Waals surface area contributed by atoms with Gasteiger partial charge in [0.05, 0.1) is 19.1 Å². The molecule has 30 heavy (non-hydrogen) atoms. The molecule has 7 nitrogen and oxygen atoms in total. The number of hydrogen-bond acceptors (Lipinski definition) is 6. The molecule has 0 unspecified atom stereocenters. The third-order valence-corrected chi connectivity index (χ3v) is 5.91. The third-order valence-electron chi connectivity index (χ3n) is 5.04. The second-order valence-electron chi connectivity index (χ2n) is 6.91. The molecule has 0 bridgehead atoms. The van der Waals surface area contributed by atoms with Crippen LogP contribution in [0, 0.1) is 0 Å². The monoisotopic (exact) mass is 422 g/mol. The van der Waals surface area contributed by atoms with Gasteiger partial charge in [-0.05, 0) is 24.3 Å². The Balaban J connectivity index is 1.37. The first-order chi connectivity index (χ1) is 14.7. The number of amides is 2. The van der Waals surface area contributed by atoms with Gasteiger partial charge in [0.15, 0.2) is 0 Å². The summed E-state index contributed by atoms with van der Waals surface area (Å²) >= 11 is 1.42. The first-order valence-corrected chi connectivity index (χ1v) is 10.6. The summed E-state index contributed by atoms with van der Waals surface area (Å²) in [6, 6.07) is 13.2. The molecule has 1 aromatic carbocycles. The fraction of sp³-hybridized carbons (Fsp3) is 0.273. The molecule has 3 heterocycles. The minimum atomic E-state index is -0.107. The van der Waals surface area contributed by atoms with Gasteiger partial charge < -0.3 is 14.5 Å². The van der Waals surface area contributed by atoms with E-state index in [2.05, 4.69) is 9.97 Å². The second-order valence-corrected chi connectivity index (χ2v) is 7.77. The summed E-state index contributed by atoms with van der Waals surface area (Å²) in [6.45, 7) is 2.02. The molecule has 1 fully saturated rings. The van der Waals surface area contributed by atoms with E-state index in [1.165, 1.54) is 11.3 Å². The van der Waals surface area contributed by atoms with Gasteiger partial charge >= 0.3 is 0 Å². The van der Waals surface area contributed by atoms with Crippen LogP contribution in [0.5, 0.6) is 5.75 Å². The molecule has 0 spiro atoms. The lowest BCUT2D eigenvalue weighted by Crippen LogP contribution is -2.51. The summed E-state index contributed by atoms with van der Waals surface area (Å²) < 4.78 is 5.39. The molecule has 4 rings (SSSR count). The molecular formula is C22H22N4O3S. The Hall–Kier alpha value is -3.26. The van der Waals surface area contributed by atoms with Crippen molar-refractivity contribution in [1.82, 2.24) is 19.8 Å². The predicted octanol–water partition coefficient (Wildman–Crippen LogP) is 2.74. The van der Waals surface area contributed by atoms with Gasteiger partial charge in [0.25, 0.3) is 5.91 Å². The molecule has 1 saturated heterocycles. The Morgan fingerprint density at radius 3 is 2.50 bits per heavy atom. The van der Waals surface area contributed by atoms with Crippen LogP contribution in [0.1, 0.15) is 16.2 Å². The highest BCUT2D eigenvalue weighted by atomic mass is 32.1. The first-order valence-electron chi connectivity index (χ1n) is 9.71. The summed E-state index contributed by atoms with van der Waals surface area (Å²) in [4.78, 5) is 37.7. The number of methoxy groups -OCH3 is 1. The van der Waals surface area contributed by atoms with Crippen LogP contribution >= 0.6 is 11.3 Å². The number of carbonyl (C=O) groups excluding carboxylic acids is 2. The average Bonchev–Trinajstić information content (AvgIpc) is 3.29. The van der Waals surface area contributed by atoms with E-state index >= 15 is 0 Å². The number of rotatable bonds is 5. The summed E-state index contributed by atoms with van der Waals surface area (Å²) in [7, 11) is 1.62. The number of nitrogens with zero attached hydrogens (tertiary/aromatic N) is 4. The van der Waals surface area contributed by atoms with Gasteiger partial charge in [-0.15, -0.1) is 11.3 Å². The number of aromatic nitrogens is 2. The summed E-state index contributed by atoms with van der Waals surface area (Å²) in [5.41, 5.74) is 2.05. The number of hydrogen-bond donors (Lipinski definition) is 0. The van der Waals surface area contributed by atoms with E-state index in [1.54, 1.807) is 28.5 Å². The van der Waals surface area contributed by atoms with Gasteiger partial charge in [-0.25, -0.2) is 4.98 Å². The van der Waals surface area contributed by atoms with Gasteiger partial charge in [-0.2, -0.15) is 0 Å². The zero-order chi connectivity index (χ0) is 20.9. The fourth-order valence-electron chi connectivity index (χ4n) is 3.41. The van der Waals surface area contributed by atoms with Crippen molar-refractivity contribution in [2.75, 3.05) is 33.3 Å². The highest BCUT2D eigenvalue weighted by Crippen LogP contribution is 2.32. The maximum absolute atomic E-state index is 12.9. The molecule has 0 N–H and O–H groups in total. The molecule has 1 aliphatic heterocycles. The Labute approximate surface area is 178 Å². The lowest BCUT2D eigenvalue weighted by molar-refractivity contribution is -0.132. The van der Waals surface area contributed by atoms with Crippen LogP contribution in [0.15, 0.2) is 54.0 Å². The maximum atomic E-state index is 12.9. The van der Waals surface area contributed by atoms with Crippen LogP contribution in [-0.4, -0.2) is 64.9 Å². The zero-order valence-electron chi connectivity index (χ0n) is 16.7. The van der Waals surface area contributed by atoms with Gasteiger partial charge in [-0.1, -0.05) is 18.2 Å². The topological polar surface area (TPSA) is 75.6 Å². The van der Waals surface area contributed by atoms with Crippen molar-refractivity contribution in [2.24, 2.45) is 0 Å². The molecule has 0 atom stereocenters. The SMILES string of the molecule is COc1ccccc1-c1nc(C(=O)N2CCN(C(=O)Cc3ccccn3)CC2)cs1. The number of carbonyl (C=O) groups is 2. The molecule has 0 aliphatic carbocycles. The number of ether oxygens (including phenoxy) is 1. The van der Waals surface area contributed by atoms with E-state index in [1.807, 2.05) is 42.5 Å². The number of benzene rings is 1. The smallest absolute Gasteiger partial charge is 0.273 e. The number of piperazine rings is 1. The van der Waals surface area contributed by atoms with Crippen molar-refractivity contribution < 1.29 is 14.3 Å². The average molecular weight is 423 g/mol. The van der Waals surface area contributed by atoms with E-state index in [4.69, 9.17) is 4.74 Å². The number of para-hydroxylation sites is 1. The van der Waals surface area contributed by atoms with Crippen molar-refractivity contribution in [3.8, 4) is 16.3 Å². The van der Waals surface area contributed by atoms with Crippen LogP contribution in [0.25, 0.3) is 10.6 Å². The highest BCUT2D eigenvalue weighted by Gasteiger charge is 2.26. The molecule has 3 aromatic rings. The minimum Gasteiger partial charge on any atom is -0.496 e. The Morgan fingerprint density at radius 2 is 1.77 bits per heavy atom. The Morgan fingerprint density at radius 1 is 1.03 bits per heavy atom. The van der Waals surface area contributed by atoms with E-state index < -0.39 is 0 Å². The second kappa shape index (κ2) is 9.04. The van der Waals surface area contributed by atoms with Crippen LogP contribution in [0.2, 0.25) is 0 Å². The minimum absolute atomic E-state index is 0.0351. The van der Waals surface area contributed by atoms with Gasteiger partial charge in [0.1, 0.15) is 16.5 Å². The standard InChI is InChI=1S/C22H22N4O3S/c1-29-19-8-3-2-7-17(19)21-24-18(15-30-21)22(28)26-12-10-25(11-13-26)20(27)14-16-6-4-5-9-23-16/h2-9,15H,10-14H2,1H3. The highest BCUT2D eigenvalue weighted by molar-refractivity contribution is 7.13. The van der Waals surface area contributed by atoms with Crippen molar-refractivity contribution in [1.29, 1.82) is 0 Å². The van der Waals surface area contributed by atoms with E-state index in [0.717, 1.165) is 22.0 Å². The molecule has 0 saturated carbocycles. The van der Waals surface area contributed by atoms with Crippen molar-refractivity contribution in [3.63, 3.8) is 0 Å². The predicted molar refractivity (Wildman–Crippen MR) is 115 cm³/mol. The molecule has 1 aliphatic rings. The summed E-state index contributed by atoms with van der Waals surface area (Å²) in [5.74, 6) is 0.656. The van der Waals surface area contributed by atoms with Crippen molar-refractivity contribution >= 4 is 23.2 Å². The zero-order valence-corrected chi connectivity index (χ0v) is 17.5. The fourth-order valence-corrected chi connectivity index (χ4v) is 4.23. The van der Waals surface area contributed by atoms with E-state index in [0.29, 0.717) is 31.9 Å². The molecule has 2 aromatic heterocycles. The van der Waals surface area contributed by atoms with Crippen LogP contribution in [0.3, 0.4) is 0 Å². The lowest BCUT2D eigenvalue weighted by atomic mass is 10.2. The van der Waals surface area contributed by atoms with Crippen LogP contribution in [-0.2, 0) is 11.2 Å². The first kappa shape index (κ1) is 20.0. The molecule has 154 valence electrons. The van der Waals surface area contributed by atoms with Crippen LogP contribution in [0.4, 0.5) is 0 Å². The van der Waals surface area contributed by atoms with Gasteiger partial charge in [-0.3, -0.25) is 14.6 Å². The molecule has 0 radical (unpaired) electrons. The largest absolute Gasteiger partial charge is 0.496 e. The van der Waals surface area contributed by atoms with Crippen molar-refractivity contribution in [3.05, 3.63) is 65.4 Å². The molecule has 8 heteroatoms. The van der Waals surface area contributed by atoms with E-state index in [9.17, 15) is 9.59 Å². The normalized spacial score (nSPS) is 13.9. The number of pyridine rings is 1. The molecule has 2 amide bonds. The summed E-state index contributed by atoms with van der Waals surface area (Å²) in [6.07, 6.45) is 1.97. The third kappa shape index (κ3) is 4.33. The quantitative estimate of drug-likeness (QED) is 0.632. The lowest BCUT2D eigenvalue weighted by Gasteiger charge is -2.34. The maximum Gasteiger partial charge on any atom is 0.273 e. The number of thiazole rings is 1. The van der Waals surface area contributed by atoms with Gasteiger partial charge in [0.2, 0.25) is 5.91 Å². The Bertz CT molecular complexity index is 1030. The Kier molecular flexibility index (Phi) is 6.04. The van der Waals surface area contributed by atoms with Gasteiger partial charge in [0, 0.05) is 43.4 Å². The van der Waals surface area contributed by atoms with Crippen LogP contribution < -0.4 is 4.74 Å².